The van der Waals surface area contributed by atoms with Crippen LogP contribution in [0.2, 0.25) is 0 Å². The van der Waals surface area contributed by atoms with Gasteiger partial charge in [0, 0.05) is 21.9 Å². The summed E-state index contributed by atoms with van der Waals surface area (Å²) in [5.74, 6) is -1.10. The molecule has 0 bridgehead atoms. The second-order valence-electron chi connectivity index (χ2n) is 4.10. The van der Waals surface area contributed by atoms with Gasteiger partial charge in [-0.25, -0.2) is 8.78 Å². The van der Waals surface area contributed by atoms with Crippen LogP contribution in [0.4, 0.5) is 14.5 Å². The van der Waals surface area contributed by atoms with Crippen molar-refractivity contribution in [1.82, 2.24) is 0 Å². The number of benzene rings is 2. The molecule has 0 aromatic heterocycles. The van der Waals surface area contributed by atoms with Crippen LogP contribution in [-0.2, 0) is 6.54 Å². The Balaban J connectivity index is 2.08. The molecule has 0 amide bonds. The highest BCUT2D eigenvalue weighted by atomic mass is 127. The number of hydrogen-bond donors (Lipinski definition) is 1. The molecule has 0 fully saturated rings. The predicted molar refractivity (Wildman–Crippen MR) is 77.6 cm³/mol. The molecule has 0 aliphatic heterocycles. The van der Waals surface area contributed by atoms with Crippen LogP contribution in [-0.4, -0.2) is 0 Å². The zero-order chi connectivity index (χ0) is 13.1. The fraction of sp³-hybridized carbons (Fsp3) is 0.143. The molecule has 0 unspecified atom stereocenters. The molecule has 1 N–H and O–H groups in total. The van der Waals surface area contributed by atoms with E-state index in [9.17, 15) is 8.78 Å². The second kappa shape index (κ2) is 5.65. The summed E-state index contributed by atoms with van der Waals surface area (Å²) in [5.41, 5.74) is 2.73. The summed E-state index contributed by atoms with van der Waals surface area (Å²) in [4.78, 5) is 0. The third-order valence-electron chi connectivity index (χ3n) is 2.59. The summed E-state index contributed by atoms with van der Waals surface area (Å²) in [6, 6.07) is 9.50. The van der Waals surface area contributed by atoms with Gasteiger partial charge in [-0.15, -0.1) is 0 Å². The summed E-state index contributed by atoms with van der Waals surface area (Å²) in [6.07, 6.45) is 0. The maximum absolute atomic E-state index is 13.0. The molecule has 0 aliphatic carbocycles. The van der Waals surface area contributed by atoms with Crippen LogP contribution >= 0.6 is 22.6 Å². The molecule has 4 heteroatoms. The molecule has 0 saturated heterocycles. The van der Waals surface area contributed by atoms with E-state index in [1.54, 1.807) is 0 Å². The normalized spacial score (nSPS) is 10.4. The highest BCUT2D eigenvalue weighted by Gasteiger charge is 2.01. The zero-order valence-corrected chi connectivity index (χ0v) is 12.0. The maximum Gasteiger partial charge on any atom is 0.126 e. The molecule has 0 aliphatic rings. The molecule has 0 spiro atoms. The quantitative estimate of drug-likeness (QED) is 0.797. The Morgan fingerprint density at radius 1 is 1.06 bits per heavy atom. The van der Waals surface area contributed by atoms with Gasteiger partial charge in [0.15, 0.2) is 0 Å². The van der Waals surface area contributed by atoms with E-state index in [0.29, 0.717) is 12.1 Å². The Morgan fingerprint density at radius 2 is 1.72 bits per heavy atom. The highest BCUT2D eigenvalue weighted by molar-refractivity contribution is 14.1. The lowest BCUT2D eigenvalue weighted by atomic mass is 10.2. The number of halogens is 3. The first-order valence-corrected chi connectivity index (χ1v) is 6.57. The first kappa shape index (κ1) is 13.3. The summed E-state index contributed by atoms with van der Waals surface area (Å²) in [7, 11) is 0. The lowest BCUT2D eigenvalue weighted by Crippen LogP contribution is -2.01. The van der Waals surface area contributed by atoms with E-state index >= 15 is 0 Å². The first-order valence-electron chi connectivity index (χ1n) is 5.49. The number of rotatable bonds is 3. The van der Waals surface area contributed by atoms with Crippen LogP contribution in [0.1, 0.15) is 11.1 Å². The Bertz CT molecular complexity index is 549. The van der Waals surface area contributed by atoms with Crippen LogP contribution < -0.4 is 5.32 Å². The van der Waals surface area contributed by atoms with E-state index in [0.717, 1.165) is 15.3 Å². The number of aryl methyl sites for hydroxylation is 1. The van der Waals surface area contributed by atoms with Gasteiger partial charge < -0.3 is 5.32 Å². The van der Waals surface area contributed by atoms with Gasteiger partial charge in [-0.1, -0.05) is 6.07 Å². The minimum absolute atomic E-state index is 0.397. The van der Waals surface area contributed by atoms with Crippen molar-refractivity contribution in [2.75, 3.05) is 5.32 Å². The Morgan fingerprint density at radius 3 is 2.33 bits per heavy atom. The van der Waals surface area contributed by atoms with Gasteiger partial charge in [-0.2, -0.15) is 0 Å². The molecule has 94 valence electrons. The molecule has 0 atom stereocenters. The molecule has 0 radical (unpaired) electrons. The highest BCUT2D eigenvalue weighted by Crippen LogP contribution is 2.18. The molecule has 0 heterocycles. The fourth-order valence-corrected chi connectivity index (χ4v) is 2.14. The molecule has 2 rings (SSSR count). The fourth-order valence-electron chi connectivity index (χ4n) is 1.62. The standard InChI is InChI=1S/C14H12F2IN/c1-9-2-3-13(7-14(9)17)18-8-10-4-11(15)6-12(16)5-10/h2-7,18H,8H2,1H3. The van der Waals surface area contributed by atoms with E-state index in [2.05, 4.69) is 27.9 Å². The number of anilines is 1. The molecular weight excluding hydrogens is 347 g/mol. The first-order chi connectivity index (χ1) is 8.54. The van der Waals surface area contributed by atoms with Crippen molar-refractivity contribution in [3.8, 4) is 0 Å². The van der Waals surface area contributed by atoms with Gasteiger partial charge in [0.05, 0.1) is 0 Å². The average Bonchev–Trinajstić information content (AvgIpc) is 2.29. The Kier molecular flexibility index (Phi) is 4.16. The van der Waals surface area contributed by atoms with Crippen LogP contribution in [0.25, 0.3) is 0 Å². The van der Waals surface area contributed by atoms with Gasteiger partial charge >= 0.3 is 0 Å². The van der Waals surface area contributed by atoms with Gasteiger partial charge in [0.2, 0.25) is 0 Å². The summed E-state index contributed by atoms with van der Waals surface area (Å²) in [5, 5.41) is 3.15. The molecule has 0 saturated carbocycles. The largest absolute Gasteiger partial charge is 0.381 e. The SMILES string of the molecule is Cc1ccc(NCc2cc(F)cc(F)c2)cc1I. The second-order valence-corrected chi connectivity index (χ2v) is 5.26. The summed E-state index contributed by atoms with van der Waals surface area (Å²) < 4.78 is 27.2. The van der Waals surface area contributed by atoms with E-state index < -0.39 is 11.6 Å². The zero-order valence-electron chi connectivity index (χ0n) is 9.81. The monoisotopic (exact) mass is 359 g/mol. The van der Waals surface area contributed by atoms with Gasteiger partial charge in [-0.3, -0.25) is 0 Å². The molecule has 18 heavy (non-hydrogen) atoms. The molecular formula is C14H12F2IN. The van der Waals surface area contributed by atoms with Crippen LogP contribution in [0, 0.1) is 22.1 Å². The van der Waals surface area contributed by atoms with Crippen molar-refractivity contribution in [3.05, 3.63) is 62.7 Å². The van der Waals surface area contributed by atoms with Crippen molar-refractivity contribution in [1.29, 1.82) is 0 Å². The Labute approximate surface area is 118 Å². The minimum Gasteiger partial charge on any atom is -0.381 e. The van der Waals surface area contributed by atoms with Crippen molar-refractivity contribution in [2.24, 2.45) is 0 Å². The van der Waals surface area contributed by atoms with Gasteiger partial charge in [0.1, 0.15) is 11.6 Å². The third kappa shape index (κ3) is 3.41. The van der Waals surface area contributed by atoms with Crippen molar-refractivity contribution >= 4 is 28.3 Å². The van der Waals surface area contributed by atoms with Crippen LogP contribution in [0.5, 0.6) is 0 Å². The Hall–Kier alpha value is -1.17. The van der Waals surface area contributed by atoms with E-state index in [-0.39, 0.29) is 0 Å². The van der Waals surface area contributed by atoms with Crippen molar-refractivity contribution < 1.29 is 8.78 Å². The van der Waals surface area contributed by atoms with Crippen LogP contribution in [0.3, 0.4) is 0 Å². The smallest absolute Gasteiger partial charge is 0.126 e. The van der Waals surface area contributed by atoms with Gasteiger partial charge in [-0.05, 0) is 64.9 Å². The molecule has 2 aromatic rings. The summed E-state index contributed by atoms with van der Waals surface area (Å²) >= 11 is 2.25. The third-order valence-corrected chi connectivity index (χ3v) is 3.75. The van der Waals surface area contributed by atoms with E-state index in [4.69, 9.17) is 0 Å². The number of hydrogen-bond acceptors (Lipinski definition) is 1. The molecule has 1 nitrogen and oxygen atoms in total. The van der Waals surface area contributed by atoms with Crippen molar-refractivity contribution in [3.63, 3.8) is 0 Å². The predicted octanol–water partition coefficient (Wildman–Crippen LogP) is 4.49. The minimum atomic E-state index is -0.551. The topological polar surface area (TPSA) is 12.0 Å². The van der Waals surface area contributed by atoms with Crippen LogP contribution in [0.15, 0.2) is 36.4 Å². The van der Waals surface area contributed by atoms with Gasteiger partial charge in [0.25, 0.3) is 0 Å². The van der Waals surface area contributed by atoms with Crippen molar-refractivity contribution in [2.45, 2.75) is 13.5 Å². The maximum atomic E-state index is 13.0. The lowest BCUT2D eigenvalue weighted by Gasteiger charge is -2.08. The van der Waals surface area contributed by atoms with E-state index in [1.165, 1.54) is 17.7 Å². The van der Waals surface area contributed by atoms with E-state index in [1.807, 2.05) is 25.1 Å². The average molecular weight is 359 g/mol. The summed E-state index contributed by atoms with van der Waals surface area (Å²) in [6.45, 7) is 2.43. The number of nitrogens with one attached hydrogen (secondary N) is 1. The lowest BCUT2D eigenvalue weighted by molar-refractivity contribution is 0.580. The molecule has 2 aromatic carbocycles.